The van der Waals surface area contributed by atoms with Gasteiger partial charge in [0, 0.05) is 25.0 Å². The van der Waals surface area contributed by atoms with Gasteiger partial charge >= 0.3 is 0 Å². The number of aromatic nitrogens is 2. The van der Waals surface area contributed by atoms with E-state index in [9.17, 15) is 0 Å². The third-order valence-corrected chi connectivity index (χ3v) is 4.05. The van der Waals surface area contributed by atoms with Crippen molar-refractivity contribution in [3.63, 3.8) is 0 Å². The Hall–Kier alpha value is -2.10. The first-order valence-corrected chi connectivity index (χ1v) is 7.98. The summed E-state index contributed by atoms with van der Waals surface area (Å²) in [4.78, 5) is 11.4. The van der Waals surface area contributed by atoms with Crippen molar-refractivity contribution in [3.05, 3.63) is 42.1 Å². The number of anilines is 3. The summed E-state index contributed by atoms with van der Waals surface area (Å²) in [5.41, 5.74) is 2.43. The van der Waals surface area contributed by atoms with Crippen molar-refractivity contribution in [2.45, 2.75) is 39.0 Å². The van der Waals surface area contributed by atoms with Crippen LogP contribution in [-0.2, 0) is 5.41 Å². The third kappa shape index (κ3) is 3.21. The topological polar surface area (TPSA) is 41.1 Å². The third-order valence-electron chi connectivity index (χ3n) is 4.05. The standard InChI is InChI=1S/C18H24N4/c1-18(2,3)14-8-4-5-9-15(14)20-17-19-11-10-16(21-17)22-12-6-7-13-22/h4-5,8-11H,6-7,12-13H2,1-3H3,(H,19,20,21). The largest absolute Gasteiger partial charge is 0.356 e. The highest BCUT2D eigenvalue weighted by molar-refractivity contribution is 5.61. The summed E-state index contributed by atoms with van der Waals surface area (Å²) in [6.07, 6.45) is 4.34. The van der Waals surface area contributed by atoms with Gasteiger partial charge in [0.2, 0.25) is 5.95 Å². The average molecular weight is 296 g/mol. The van der Waals surface area contributed by atoms with Crippen LogP contribution in [0.5, 0.6) is 0 Å². The van der Waals surface area contributed by atoms with Crippen LogP contribution in [0, 0.1) is 0 Å². The predicted octanol–water partition coefficient (Wildman–Crippen LogP) is 4.12. The lowest BCUT2D eigenvalue weighted by atomic mass is 9.86. The molecule has 2 aromatic rings. The Bertz CT molecular complexity index is 640. The molecule has 0 radical (unpaired) electrons. The zero-order valence-corrected chi connectivity index (χ0v) is 13.6. The molecule has 0 aliphatic carbocycles. The van der Waals surface area contributed by atoms with Crippen molar-refractivity contribution in [3.8, 4) is 0 Å². The van der Waals surface area contributed by atoms with Gasteiger partial charge in [0.15, 0.2) is 0 Å². The minimum Gasteiger partial charge on any atom is -0.356 e. The number of hydrogen-bond acceptors (Lipinski definition) is 4. The van der Waals surface area contributed by atoms with Crippen LogP contribution in [0.25, 0.3) is 0 Å². The van der Waals surface area contributed by atoms with Crippen LogP contribution < -0.4 is 10.2 Å². The summed E-state index contributed by atoms with van der Waals surface area (Å²) in [6, 6.07) is 10.4. The minimum atomic E-state index is 0.0795. The van der Waals surface area contributed by atoms with Gasteiger partial charge in [0.25, 0.3) is 0 Å². The Morgan fingerprint density at radius 1 is 1.05 bits per heavy atom. The molecular weight excluding hydrogens is 272 g/mol. The quantitative estimate of drug-likeness (QED) is 0.925. The van der Waals surface area contributed by atoms with E-state index >= 15 is 0 Å². The van der Waals surface area contributed by atoms with Crippen LogP contribution in [0.15, 0.2) is 36.5 Å². The highest BCUT2D eigenvalue weighted by atomic mass is 15.2. The van der Waals surface area contributed by atoms with Gasteiger partial charge in [-0.3, -0.25) is 0 Å². The molecule has 116 valence electrons. The van der Waals surface area contributed by atoms with Gasteiger partial charge in [-0.05, 0) is 36.0 Å². The summed E-state index contributed by atoms with van der Waals surface area (Å²) in [6.45, 7) is 8.84. The van der Waals surface area contributed by atoms with E-state index in [1.807, 2.05) is 18.3 Å². The fraction of sp³-hybridized carbons (Fsp3) is 0.444. The molecule has 0 unspecified atom stereocenters. The Morgan fingerprint density at radius 3 is 2.50 bits per heavy atom. The van der Waals surface area contributed by atoms with E-state index in [0.717, 1.165) is 24.6 Å². The molecule has 1 aromatic carbocycles. The molecule has 2 heterocycles. The molecule has 1 saturated heterocycles. The van der Waals surface area contributed by atoms with Gasteiger partial charge in [-0.15, -0.1) is 0 Å². The van der Waals surface area contributed by atoms with Gasteiger partial charge in [0.1, 0.15) is 5.82 Å². The molecule has 0 amide bonds. The van der Waals surface area contributed by atoms with Gasteiger partial charge in [0.05, 0.1) is 0 Å². The Kier molecular flexibility index (Phi) is 4.01. The Balaban J connectivity index is 1.86. The molecule has 1 N–H and O–H groups in total. The Morgan fingerprint density at radius 2 is 1.77 bits per heavy atom. The summed E-state index contributed by atoms with van der Waals surface area (Å²) < 4.78 is 0. The van der Waals surface area contributed by atoms with E-state index in [-0.39, 0.29) is 5.41 Å². The molecule has 3 rings (SSSR count). The van der Waals surface area contributed by atoms with Crippen molar-refractivity contribution in [2.24, 2.45) is 0 Å². The number of para-hydroxylation sites is 1. The smallest absolute Gasteiger partial charge is 0.229 e. The SMILES string of the molecule is CC(C)(C)c1ccccc1Nc1nccc(N2CCCC2)n1. The molecule has 4 heteroatoms. The fourth-order valence-corrected chi connectivity index (χ4v) is 2.90. The van der Waals surface area contributed by atoms with E-state index in [4.69, 9.17) is 0 Å². The van der Waals surface area contributed by atoms with Crippen molar-refractivity contribution >= 4 is 17.5 Å². The van der Waals surface area contributed by atoms with Gasteiger partial charge in [-0.1, -0.05) is 39.0 Å². The summed E-state index contributed by atoms with van der Waals surface area (Å²) >= 11 is 0. The van der Waals surface area contributed by atoms with Crippen molar-refractivity contribution in [2.75, 3.05) is 23.3 Å². The van der Waals surface area contributed by atoms with Crippen LogP contribution in [0.4, 0.5) is 17.5 Å². The van der Waals surface area contributed by atoms with Crippen LogP contribution in [-0.4, -0.2) is 23.1 Å². The molecule has 0 saturated carbocycles. The molecular formula is C18H24N4. The Labute approximate surface area is 132 Å². The molecule has 4 nitrogen and oxygen atoms in total. The maximum atomic E-state index is 4.68. The van der Waals surface area contributed by atoms with Crippen LogP contribution in [0.1, 0.15) is 39.2 Å². The van der Waals surface area contributed by atoms with Crippen molar-refractivity contribution < 1.29 is 0 Å². The van der Waals surface area contributed by atoms with E-state index in [1.165, 1.54) is 18.4 Å². The number of nitrogens with one attached hydrogen (secondary N) is 1. The van der Waals surface area contributed by atoms with Gasteiger partial charge in [-0.25, -0.2) is 4.98 Å². The molecule has 0 spiro atoms. The number of nitrogens with zero attached hydrogens (tertiary/aromatic N) is 3. The highest BCUT2D eigenvalue weighted by Crippen LogP contribution is 2.30. The first-order valence-electron chi connectivity index (χ1n) is 7.98. The van der Waals surface area contributed by atoms with Crippen LogP contribution in [0.3, 0.4) is 0 Å². The van der Waals surface area contributed by atoms with Crippen LogP contribution >= 0.6 is 0 Å². The van der Waals surface area contributed by atoms with E-state index in [2.05, 4.69) is 59.2 Å². The molecule has 1 aliphatic rings. The second-order valence-electron chi connectivity index (χ2n) is 6.85. The average Bonchev–Trinajstić information content (AvgIpc) is 3.01. The number of rotatable bonds is 3. The molecule has 1 aliphatic heterocycles. The summed E-state index contributed by atoms with van der Waals surface area (Å²) in [5, 5.41) is 3.39. The lowest BCUT2D eigenvalue weighted by molar-refractivity contribution is 0.592. The monoisotopic (exact) mass is 296 g/mol. The second-order valence-corrected chi connectivity index (χ2v) is 6.85. The van der Waals surface area contributed by atoms with E-state index < -0.39 is 0 Å². The highest BCUT2D eigenvalue weighted by Gasteiger charge is 2.18. The number of benzene rings is 1. The normalized spacial score (nSPS) is 15.1. The maximum absolute atomic E-state index is 4.68. The van der Waals surface area contributed by atoms with Gasteiger partial charge < -0.3 is 10.2 Å². The second kappa shape index (κ2) is 5.95. The molecule has 0 bridgehead atoms. The zero-order chi connectivity index (χ0) is 15.6. The van der Waals surface area contributed by atoms with E-state index in [0.29, 0.717) is 5.95 Å². The minimum absolute atomic E-state index is 0.0795. The maximum Gasteiger partial charge on any atom is 0.229 e. The van der Waals surface area contributed by atoms with Crippen LogP contribution in [0.2, 0.25) is 0 Å². The summed E-state index contributed by atoms with van der Waals surface area (Å²) in [7, 11) is 0. The lowest BCUT2D eigenvalue weighted by Crippen LogP contribution is -2.19. The lowest BCUT2D eigenvalue weighted by Gasteiger charge is -2.23. The summed E-state index contributed by atoms with van der Waals surface area (Å²) in [5.74, 6) is 1.68. The molecule has 22 heavy (non-hydrogen) atoms. The molecule has 1 fully saturated rings. The van der Waals surface area contributed by atoms with E-state index in [1.54, 1.807) is 0 Å². The predicted molar refractivity (Wildman–Crippen MR) is 91.9 cm³/mol. The molecule has 0 atom stereocenters. The molecule has 1 aromatic heterocycles. The van der Waals surface area contributed by atoms with Crippen molar-refractivity contribution in [1.29, 1.82) is 0 Å². The van der Waals surface area contributed by atoms with Gasteiger partial charge in [-0.2, -0.15) is 4.98 Å². The zero-order valence-electron chi connectivity index (χ0n) is 13.6. The first-order chi connectivity index (χ1) is 10.5. The number of hydrogen-bond donors (Lipinski definition) is 1. The van der Waals surface area contributed by atoms with Crippen molar-refractivity contribution in [1.82, 2.24) is 9.97 Å². The first kappa shape index (κ1) is 14.8. The fourth-order valence-electron chi connectivity index (χ4n) is 2.90.